The summed E-state index contributed by atoms with van der Waals surface area (Å²) >= 11 is 1.11. The molecule has 1 aromatic carbocycles. The Bertz CT molecular complexity index is 1440. The van der Waals surface area contributed by atoms with Crippen LogP contribution in [0.3, 0.4) is 0 Å². The third-order valence-corrected chi connectivity index (χ3v) is 8.85. The minimum atomic E-state index is -4.23. The fourth-order valence-corrected chi connectivity index (χ4v) is 6.87. The number of likely N-dealkylation sites (tertiary alicyclic amines) is 1. The highest BCUT2D eigenvalue weighted by molar-refractivity contribution is 7.18. The van der Waals surface area contributed by atoms with Crippen molar-refractivity contribution in [3.8, 4) is 11.5 Å². The quantitative estimate of drug-likeness (QED) is 0.253. The largest absolute Gasteiger partial charge is 0.421 e. The molecule has 3 aromatic heterocycles. The average molecular weight is 557 g/mol. The summed E-state index contributed by atoms with van der Waals surface area (Å²) in [5, 5.41) is 9.08. The second-order valence-electron chi connectivity index (χ2n) is 10.9. The fraction of sp³-hybridized carbons (Fsp3) is 0.500. The fourth-order valence-electron chi connectivity index (χ4n) is 5.85. The van der Waals surface area contributed by atoms with Gasteiger partial charge in [-0.2, -0.15) is 13.2 Å². The van der Waals surface area contributed by atoms with E-state index in [0.29, 0.717) is 16.6 Å². The molecule has 1 spiro atoms. The number of rotatable bonds is 8. The lowest BCUT2D eigenvalue weighted by Gasteiger charge is -2.25. The van der Waals surface area contributed by atoms with E-state index in [2.05, 4.69) is 49.0 Å². The molecule has 2 aliphatic heterocycles. The zero-order valence-corrected chi connectivity index (χ0v) is 22.7. The third kappa shape index (κ3) is 5.79. The second-order valence-corrected chi connectivity index (χ2v) is 12.0. The molecule has 0 aliphatic carbocycles. The van der Waals surface area contributed by atoms with Gasteiger partial charge in [-0.25, -0.2) is 9.97 Å². The molecule has 2 saturated heterocycles. The first-order chi connectivity index (χ1) is 18.8. The summed E-state index contributed by atoms with van der Waals surface area (Å²) in [5.41, 5.74) is 2.34. The van der Waals surface area contributed by atoms with Crippen molar-refractivity contribution < 1.29 is 17.6 Å². The van der Waals surface area contributed by atoms with Gasteiger partial charge >= 0.3 is 6.18 Å². The highest BCUT2D eigenvalue weighted by atomic mass is 32.1. The standard InChI is InChI=1S/C28H31F3N6OS/c1-2-3-4-23-34-35-25(38-23)20-7-5-19(6-8-20)15-36-11-9-27(16-36)10-12-37(17-27)24-22-13-21(14-28(29,30)31)39-26(22)33-18-32-24/h5-8,13,18H,2-4,9-12,14-17H2,1H3. The zero-order chi connectivity index (χ0) is 27.0. The predicted octanol–water partition coefficient (Wildman–Crippen LogP) is 6.29. The number of nitrogens with zero attached hydrogens (tertiary/aromatic N) is 6. The molecule has 0 bridgehead atoms. The molecular formula is C28H31F3N6OS. The third-order valence-electron chi connectivity index (χ3n) is 7.81. The van der Waals surface area contributed by atoms with Crippen molar-refractivity contribution in [2.75, 3.05) is 31.1 Å². The summed E-state index contributed by atoms with van der Waals surface area (Å²) in [6.45, 7) is 6.73. The summed E-state index contributed by atoms with van der Waals surface area (Å²) in [6, 6.07) is 9.97. The van der Waals surface area contributed by atoms with E-state index in [-0.39, 0.29) is 10.3 Å². The molecule has 2 aliphatic rings. The molecule has 1 unspecified atom stereocenters. The first kappa shape index (κ1) is 26.2. The minimum Gasteiger partial charge on any atom is -0.421 e. The van der Waals surface area contributed by atoms with Crippen LogP contribution in [0.25, 0.3) is 21.7 Å². The van der Waals surface area contributed by atoms with E-state index in [1.165, 1.54) is 11.9 Å². The van der Waals surface area contributed by atoms with E-state index >= 15 is 0 Å². The van der Waals surface area contributed by atoms with Crippen LogP contribution in [0.5, 0.6) is 0 Å². The highest BCUT2D eigenvalue weighted by Gasteiger charge is 2.44. The monoisotopic (exact) mass is 556 g/mol. The highest BCUT2D eigenvalue weighted by Crippen LogP contribution is 2.43. The summed E-state index contributed by atoms with van der Waals surface area (Å²) in [6.07, 6.45) is 1.40. The van der Waals surface area contributed by atoms with Gasteiger partial charge in [0.25, 0.3) is 0 Å². The number of halogens is 3. The Hall–Kier alpha value is -3.05. The molecule has 6 rings (SSSR count). The van der Waals surface area contributed by atoms with Crippen molar-refractivity contribution in [3.63, 3.8) is 0 Å². The molecular weight excluding hydrogens is 525 g/mol. The van der Waals surface area contributed by atoms with Gasteiger partial charge in [-0.1, -0.05) is 25.5 Å². The van der Waals surface area contributed by atoms with E-state index in [4.69, 9.17) is 4.42 Å². The maximum atomic E-state index is 12.9. The normalized spacial score (nSPS) is 20.2. The first-order valence-electron chi connectivity index (χ1n) is 13.5. The number of hydrogen-bond donors (Lipinski definition) is 0. The van der Waals surface area contributed by atoms with Gasteiger partial charge in [-0.05, 0) is 49.6 Å². The number of unbranched alkanes of at least 4 members (excludes halogenated alkanes) is 1. The van der Waals surface area contributed by atoms with Crippen LogP contribution in [-0.2, 0) is 19.4 Å². The molecule has 5 heterocycles. The maximum absolute atomic E-state index is 12.9. The molecule has 2 fully saturated rings. The Kier molecular flexibility index (Phi) is 7.05. The van der Waals surface area contributed by atoms with Gasteiger partial charge in [-0.3, -0.25) is 4.90 Å². The van der Waals surface area contributed by atoms with Crippen molar-refractivity contribution in [1.29, 1.82) is 0 Å². The van der Waals surface area contributed by atoms with Gasteiger partial charge in [0.1, 0.15) is 17.0 Å². The molecule has 4 aromatic rings. The first-order valence-corrected chi connectivity index (χ1v) is 14.3. The van der Waals surface area contributed by atoms with E-state index in [1.54, 1.807) is 6.07 Å². The van der Waals surface area contributed by atoms with Crippen molar-refractivity contribution in [1.82, 2.24) is 25.1 Å². The van der Waals surface area contributed by atoms with Gasteiger partial charge in [0.15, 0.2) is 0 Å². The second kappa shape index (κ2) is 10.5. The van der Waals surface area contributed by atoms with Crippen molar-refractivity contribution in [2.24, 2.45) is 5.41 Å². The van der Waals surface area contributed by atoms with Crippen LogP contribution in [0.15, 0.2) is 41.1 Å². The molecule has 1 atom stereocenters. The van der Waals surface area contributed by atoms with Crippen LogP contribution < -0.4 is 4.90 Å². The van der Waals surface area contributed by atoms with E-state index < -0.39 is 12.6 Å². The van der Waals surface area contributed by atoms with Crippen molar-refractivity contribution in [2.45, 2.75) is 58.2 Å². The van der Waals surface area contributed by atoms with Gasteiger partial charge in [-0.15, -0.1) is 21.5 Å². The van der Waals surface area contributed by atoms with Gasteiger partial charge in [0.05, 0.1) is 11.8 Å². The van der Waals surface area contributed by atoms with Gasteiger partial charge in [0, 0.05) is 48.5 Å². The molecule has 11 heteroatoms. The number of thiophene rings is 1. The number of fused-ring (bicyclic) bond motifs is 1. The molecule has 0 saturated carbocycles. The molecule has 0 amide bonds. The van der Waals surface area contributed by atoms with E-state index in [1.807, 2.05) is 12.1 Å². The lowest BCUT2D eigenvalue weighted by atomic mass is 9.86. The lowest BCUT2D eigenvalue weighted by molar-refractivity contribution is -0.126. The Labute approximate surface area is 229 Å². The number of alkyl halides is 3. The van der Waals surface area contributed by atoms with E-state index in [0.717, 1.165) is 92.9 Å². The van der Waals surface area contributed by atoms with Crippen LogP contribution in [0.4, 0.5) is 19.0 Å². The van der Waals surface area contributed by atoms with Crippen LogP contribution in [0, 0.1) is 5.41 Å². The molecule has 39 heavy (non-hydrogen) atoms. The van der Waals surface area contributed by atoms with Crippen molar-refractivity contribution in [3.05, 3.63) is 53.0 Å². The average Bonchev–Trinajstić information content (AvgIpc) is 3.69. The Morgan fingerprint density at radius 3 is 2.67 bits per heavy atom. The summed E-state index contributed by atoms with van der Waals surface area (Å²) in [5.74, 6) is 2.01. The lowest BCUT2D eigenvalue weighted by Crippen LogP contribution is -2.31. The SMILES string of the molecule is CCCCc1nnc(-c2ccc(CN3CCC4(CCN(c5ncnc6sc(CC(F)(F)F)cc56)C4)C3)cc2)o1. The number of benzene rings is 1. The van der Waals surface area contributed by atoms with Gasteiger partial charge in [0.2, 0.25) is 11.8 Å². The summed E-state index contributed by atoms with van der Waals surface area (Å²) in [7, 11) is 0. The van der Waals surface area contributed by atoms with Gasteiger partial charge < -0.3 is 9.32 Å². The van der Waals surface area contributed by atoms with Crippen LogP contribution in [0.1, 0.15) is 48.9 Å². The molecule has 206 valence electrons. The number of hydrogen-bond acceptors (Lipinski definition) is 8. The van der Waals surface area contributed by atoms with Crippen LogP contribution >= 0.6 is 11.3 Å². The smallest absolute Gasteiger partial charge is 0.393 e. The number of anilines is 1. The topological polar surface area (TPSA) is 71.2 Å². The summed E-state index contributed by atoms with van der Waals surface area (Å²) < 4.78 is 44.6. The maximum Gasteiger partial charge on any atom is 0.393 e. The number of aryl methyl sites for hydroxylation is 1. The molecule has 7 nitrogen and oxygen atoms in total. The predicted molar refractivity (Wildman–Crippen MR) is 145 cm³/mol. The summed E-state index contributed by atoms with van der Waals surface area (Å²) in [4.78, 5) is 14.4. The zero-order valence-electron chi connectivity index (χ0n) is 21.9. The minimum absolute atomic E-state index is 0.167. The van der Waals surface area contributed by atoms with Crippen LogP contribution in [-0.4, -0.2) is 57.4 Å². The molecule has 0 radical (unpaired) electrons. The van der Waals surface area contributed by atoms with E-state index in [9.17, 15) is 13.2 Å². The Morgan fingerprint density at radius 2 is 1.87 bits per heavy atom. The number of aromatic nitrogens is 4. The van der Waals surface area contributed by atoms with Crippen LogP contribution in [0.2, 0.25) is 0 Å². The van der Waals surface area contributed by atoms with Crippen molar-refractivity contribution >= 4 is 27.4 Å². The molecule has 0 N–H and O–H groups in total. The Balaban J connectivity index is 1.08. The Morgan fingerprint density at radius 1 is 1.05 bits per heavy atom.